The van der Waals surface area contributed by atoms with Gasteiger partial charge in [0.1, 0.15) is 5.92 Å². The molecule has 0 radical (unpaired) electrons. The molecule has 0 aliphatic rings. The van der Waals surface area contributed by atoms with Crippen molar-refractivity contribution in [1.82, 2.24) is 0 Å². The van der Waals surface area contributed by atoms with Crippen LogP contribution in [-0.2, 0) is 16.0 Å². The fourth-order valence-electron chi connectivity index (χ4n) is 1.50. The summed E-state index contributed by atoms with van der Waals surface area (Å²) in [5.74, 6) is -2.47. The number of rotatable bonds is 6. The normalized spacial score (nSPS) is 14.0. The zero-order valence-electron chi connectivity index (χ0n) is 8.98. The summed E-state index contributed by atoms with van der Waals surface area (Å²) in [6.07, 6.45) is 0.546. The molecule has 1 aromatic carbocycles. The monoisotopic (exact) mass is 274 g/mol. The standard InChI is InChI=1S/C12H12Cl2O3/c13-9(6-8-4-2-1-3-5-8)7-10(11(14)15)12(16)17/h1-5,9-10H,6-7H2,(H,16,17). The van der Waals surface area contributed by atoms with Crippen molar-refractivity contribution in [3.8, 4) is 0 Å². The Morgan fingerprint density at radius 1 is 1.24 bits per heavy atom. The predicted octanol–water partition coefficient (Wildman–Crippen LogP) is 2.69. The molecular formula is C12H12Cl2O3. The zero-order chi connectivity index (χ0) is 12.8. The van der Waals surface area contributed by atoms with E-state index < -0.39 is 22.5 Å². The second kappa shape index (κ2) is 6.62. The smallest absolute Gasteiger partial charge is 0.315 e. The summed E-state index contributed by atoms with van der Waals surface area (Å²) in [4.78, 5) is 21.7. The van der Waals surface area contributed by atoms with E-state index in [0.29, 0.717) is 6.42 Å². The zero-order valence-corrected chi connectivity index (χ0v) is 10.5. The third-order valence-electron chi connectivity index (χ3n) is 2.36. The van der Waals surface area contributed by atoms with Gasteiger partial charge in [-0.25, -0.2) is 0 Å². The van der Waals surface area contributed by atoms with Crippen molar-refractivity contribution in [2.45, 2.75) is 18.2 Å². The Labute approximate surface area is 109 Å². The van der Waals surface area contributed by atoms with Crippen molar-refractivity contribution in [2.24, 2.45) is 5.92 Å². The van der Waals surface area contributed by atoms with E-state index in [1.807, 2.05) is 30.3 Å². The maximum Gasteiger partial charge on any atom is 0.315 e. The summed E-state index contributed by atoms with van der Waals surface area (Å²) in [6.45, 7) is 0. The minimum Gasteiger partial charge on any atom is -0.481 e. The van der Waals surface area contributed by atoms with Crippen LogP contribution in [0.2, 0.25) is 0 Å². The number of carboxylic acid groups (broad SMARTS) is 1. The highest BCUT2D eigenvalue weighted by atomic mass is 35.5. The average Bonchev–Trinajstić information content (AvgIpc) is 2.26. The van der Waals surface area contributed by atoms with E-state index in [2.05, 4.69) is 0 Å². The average molecular weight is 275 g/mol. The number of aliphatic carboxylic acids is 1. The van der Waals surface area contributed by atoms with Crippen LogP contribution >= 0.6 is 23.2 Å². The second-order valence-electron chi connectivity index (χ2n) is 3.72. The third kappa shape index (κ3) is 4.75. The van der Waals surface area contributed by atoms with E-state index in [9.17, 15) is 9.59 Å². The quantitative estimate of drug-likeness (QED) is 0.493. The van der Waals surface area contributed by atoms with Crippen molar-refractivity contribution >= 4 is 34.4 Å². The predicted molar refractivity (Wildman–Crippen MR) is 66.4 cm³/mol. The molecule has 0 saturated carbocycles. The Kier molecular flexibility index (Phi) is 5.45. The van der Waals surface area contributed by atoms with Gasteiger partial charge in [-0.1, -0.05) is 30.3 Å². The molecule has 92 valence electrons. The number of halogens is 2. The highest BCUT2D eigenvalue weighted by Crippen LogP contribution is 2.18. The number of benzene rings is 1. The summed E-state index contributed by atoms with van der Waals surface area (Å²) >= 11 is 11.2. The van der Waals surface area contributed by atoms with Gasteiger partial charge in [-0.15, -0.1) is 11.6 Å². The molecule has 0 aliphatic heterocycles. The Hall–Kier alpha value is -1.06. The molecule has 2 unspecified atom stereocenters. The van der Waals surface area contributed by atoms with Crippen LogP contribution in [0.1, 0.15) is 12.0 Å². The highest BCUT2D eigenvalue weighted by Gasteiger charge is 2.27. The lowest BCUT2D eigenvalue weighted by atomic mass is 10.0. The molecule has 0 fully saturated rings. The number of carbonyl (C=O) groups is 2. The summed E-state index contributed by atoms with van der Waals surface area (Å²) in [7, 11) is 0. The molecular weight excluding hydrogens is 263 g/mol. The first-order valence-electron chi connectivity index (χ1n) is 5.11. The highest BCUT2D eigenvalue weighted by molar-refractivity contribution is 6.65. The minimum atomic E-state index is -1.23. The Balaban J connectivity index is 2.57. The maximum atomic E-state index is 10.9. The van der Waals surface area contributed by atoms with E-state index >= 15 is 0 Å². The molecule has 0 saturated heterocycles. The molecule has 1 rings (SSSR count). The number of carboxylic acids is 1. The van der Waals surface area contributed by atoms with Crippen LogP contribution in [0.4, 0.5) is 0 Å². The molecule has 3 nitrogen and oxygen atoms in total. The Bertz CT molecular complexity index is 378. The lowest BCUT2D eigenvalue weighted by Crippen LogP contribution is -2.24. The van der Waals surface area contributed by atoms with Gasteiger partial charge in [0.2, 0.25) is 5.24 Å². The SMILES string of the molecule is O=C(O)C(CC(Cl)Cc1ccccc1)C(=O)Cl. The molecule has 1 aromatic rings. The van der Waals surface area contributed by atoms with Gasteiger partial charge in [-0.05, 0) is 30.0 Å². The Morgan fingerprint density at radius 2 is 1.82 bits per heavy atom. The number of carbonyl (C=O) groups excluding carboxylic acids is 1. The number of hydrogen-bond donors (Lipinski definition) is 1. The van der Waals surface area contributed by atoms with E-state index in [1.54, 1.807) is 0 Å². The van der Waals surface area contributed by atoms with E-state index in [4.69, 9.17) is 28.3 Å². The third-order valence-corrected chi connectivity index (χ3v) is 2.96. The minimum absolute atomic E-state index is 0.0358. The van der Waals surface area contributed by atoms with Gasteiger partial charge in [0, 0.05) is 5.38 Å². The van der Waals surface area contributed by atoms with Crippen LogP contribution in [0.3, 0.4) is 0 Å². The maximum absolute atomic E-state index is 10.9. The summed E-state index contributed by atoms with van der Waals surface area (Å²) in [5, 5.41) is 7.49. The van der Waals surface area contributed by atoms with Crippen LogP contribution in [0.15, 0.2) is 30.3 Å². The van der Waals surface area contributed by atoms with Gasteiger partial charge in [-0.3, -0.25) is 9.59 Å². The van der Waals surface area contributed by atoms with Crippen LogP contribution in [0.25, 0.3) is 0 Å². The van der Waals surface area contributed by atoms with Crippen LogP contribution in [-0.4, -0.2) is 21.7 Å². The first-order chi connectivity index (χ1) is 8.00. The van der Waals surface area contributed by atoms with Crippen LogP contribution in [0.5, 0.6) is 0 Å². The van der Waals surface area contributed by atoms with E-state index in [0.717, 1.165) is 5.56 Å². The van der Waals surface area contributed by atoms with Crippen LogP contribution < -0.4 is 0 Å². The molecule has 0 heterocycles. The molecule has 0 amide bonds. The lowest BCUT2D eigenvalue weighted by Gasteiger charge is -2.12. The second-order valence-corrected chi connectivity index (χ2v) is 4.71. The molecule has 2 atom stereocenters. The van der Waals surface area contributed by atoms with Crippen LogP contribution in [0, 0.1) is 5.92 Å². The molecule has 0 bridgehead atoms. The fraction of sp³-hybridized carbons (Fsp3) is 0.333. The molecule has 5 heteroatoms. The summed E-state index contributed by atoms with van der Waals surface area (Å²) in [6, 6.07) is 9.43. The molecule has 17 heavy (non-hydrogen) atoms. The van der Waals surface area contributed by atoms with Gasteiger partial charge in [0.25, 0.3) is 0 Å². The first kappa shape index (κ1) is 14.0. The molecule has 0 spiro atoms. The lowest BCUT2D eigenvalue weighted by molar-refractivity contribution is -0.144. The van der Waals surface area contributed by atoms with Crippen molar-refractivity contribution in [3.05, 3.63) is 35.9 Å². The summed E-state index contributed by atoms with van der Waals surface area (Å²) in [5.41, 5.74) is 0.999. The molecule has 0 aliphatic carbocycles. The topological polar surface area (TPSA) is 54.4 Å². The van der Waals surface area contributed by atoms with E-state index in [1.165, 1.54) is 0 Å². The molecule has 0 aromatic heterocycles. The van der Waals surface area contributed by atoms with Gasteiger partial charge in [0.05, 0.1) is 0 Å². The van der Waals surface area contributed by atoms with Gasteiger partial charge < -0.3 is 5.11 Å². The van der Waals surface area contributed by atoms with Gasteiger partial charge in [-0.2, -0.15) is 0 Å². The fourth-order valence-corrected chi connectivity index (χ4v) is 2.04. The largest absolute Gasteiger partial charge is 0.481 e. The summed E-state index contributed by atoms with van der Waals surface area (Å²) < 4.78 is 0. The van der Waals surface area contributed by atoms with Crippen molar-refractivity contribution in [3.63, 3.8) is 0 Å². The number of hydrogen-bond acceptors (Lipinski definition) is 2. The molecule has 1 N–H and O–H groups in total. The Morgan fingerprint density at radius 3 is 2.29 bits per heavy atom. The van der Waals surface area contributed by atoms with Gasteiger partial charge in [0.15, 0.2) is 0 Å². The first-order valence-corrected chi connectivity index (χ1v) is 5.92. The number of alkyl halides is 1. The van der Waals surface area contributed by atoms with E-state index in [-0.39, 0.29) is 6.42 Å². The van der Waals surface area contributed by atoms with Crippen molar-refractivity contribution in [2.75, 3.05) is 0 Å². The van der Waals surface area contributed by atoms with Crippen molar-refractivity contribution in [1.29, 1.82) is 0 Å². The van der Waals surface area contributed by atoms with Gasteiger partial charge >= 0.3 is 5.97 Å². The van der Waals surface area contributed by atoms with Crippen molar-refractivity contribution < 1.29 is 14.7 Å².